The summed E-state index contributed by atoms with van der Waals surface area (Å²) in [5, 5.41) is 0. The summed E-state index contributed by atoms with van der Waals surface area (Å²) in [5.74, 6) is -0.992. The van der Waals surface area contributed by atoms with Gasteiger partial charge in [0, 0.05) is 19.3 Å². The smallest absolute Gasteiger partial charge is 0.306 e. The normalized spacial score (nSPS) is 12.9. The van der Waals surface area contributed by atoms with Crippen molar-refractivity contribution >= 4 is 17.9 Å². The molecule has 0 spiro atoms. The van der Waals surface area contributed by atoms with Crippen LogP contribution in [0, 0.1) is 0 Å². The van der Waals surface area contributed by atoms with E-state index in [0.717, 1.165) is 109 Å². The van der Waals surface area contributed by atoms with Crippen LogP contribution in [0.1, 0.15) is 297 Å². The maximum Gasteiger partial charge on any atom is 0.306 e. The molecule has 0 heterocycles. The molecular formula is C72H120O6. The topological polar surface area (TPSA) is 78.9 Å². The number of carbonyl (C=O) groups excluding carboxylic acids is 3. The van der Waals surface area contributed by atoms with Crippen molar-refractivity contribution in [1.82, 2.24) is 0 Å². The van der Waals surface area contributed by atoms with Gasteiger partial charge >= 0.3 is 17.9 Å². The molecule has 0 N–H and O–H groups in total. The quantitative estimate of drug-likeness (QED) is 0.0261. The lowest BCUT2D eigenvalue weighted by Gasteiger charge is -2.18. The fourth-order valence-corrected chi connectivity index (χ4v) is 8.93. The fourth-order valence-electron chi connectivity index (χ4n) is 8.93. The Morgan fingerprint density at radius 2 is 0.526 bits per heavy atom. The lowest BCUT2D eigenvalue weighted by atomic mass is 10.0. The van der Waals surface area contributed by atoms with Crippen LogP contribution >= 0.6 is 0 Å². The van der Waals surface area contributed by atoms with Gasteiger partial charge in [-0.1, -0.05) is 303 Å². The molecule has 0 amide bonds. The first-order valence-corrected chi connectivity index (χ1v) is 32.5. The average Bonchev–Trinajstić information content (AvgIpc) is 3.44. The first-order chi connectivity index (χ1) is 38.5. The Labute approximate surface area is 482 Å². The molecule has 0 radical (unpaired) electrons. The summed E-state index contributed by atoms with van der Waals surface area (Å²) >= 11 is 0. The van der Waals surface area contributed by atoms with Gasteiger partial charge in [0.15, 0.2) is 6.10 Å². The summed E-state index contributed by atoms with van der Waals surface area (Å²) in [6.45, 7) is 6.37. The van der Waals surface area contributed by atoms with Gasteiger partial charge < -0.3 is 14.2 Å². The van der Waals surface area contributed by atoms with Gasteiger partial charge in [0.05, 0.1) is 0 Å². The molecule has 1 unspecified atom stereocenters. The Morgan fingerprint density at radius 1 is 0.269 bits per heavy atom. The summed E-state index contributed by atoms with van der Waals surface area (Å²) in [4.78, 5) is 38.4. The van der Waals surface area contributed by atoms with Crippen LogP contribution in [0.15, 0.2) is 122 Å². The highest BCUT2D eigenvalue weighted by Crippen LogP contribution is 2.17. The van der Waals surface area contributed by atoms with Crippen LogP contribution in [0.4, 0.5) is 0 Å². The summed E-state index contributed by atoms with van der Waals surface area (Å²) in [6.07, 6.45) is 90.7. The van der Waals surface area contributed by atoms with Crippen LogP contribution in [-0.2, 0) is 28.6 Å². The number of carbonyl (C=O) groups is 3. The van der Waals surface area contributed by atoms with Crippen molar-refractivity contribution in [2.45, 2.75) is 303 Å². The maximum absolute atomic E-state index is 12.9. The van der Waals surface area contributed by atoms with Crippen LogP contribution in [0.5, 0.6) is 0 Å². The lowest BCUT2D eigenvalue weighted by Crippen LogP contribution is -2.30. The molecule has 0 aromatic rings. The van der Waals surface area contributed by atoms with E-state index in [2.05, 4.69) is 136 Å². The Kier molecular flexibility index (Phi) is 61.8. The van der Waals surface area contributed by atoms with E-state index in [0.29, 0.717) is 19.3 Å². The molecule has 0 aromatic heterocycles. The van der Waals surface area contributed by atoms with Gasteiger partial charge in [0.2, 0.25) is 0 Å². The van der Waals surface area contributed by atoms with Crippen molar-refractivity contribution in [3.63, 3.8) is 0 Å². The molecule has 0 rings (SSSR count). The Hall–Kier alpha value is -4.19. The minimum absolute atomic E-state index is 0.106. The van der Waals surface area contributed by atoms with Gasteiger partial charge in [-0.3, -0.25) is 14.4 Å². The van der Waals surface area contributed by atoms with Crippen molar-refractivity contribution in [2.75, 3.05) is 13.2 Å². The van der Waals surface area contributed by atoms with E-state index in [9.17, 15) is 14.4 Å². The second-order valence-electron chi connectivity index (χ2n) is 21.3. The Bertz CT molecular complexity index is 1620. The zero-order chi connectivity index (χ0) is 56.4. The molecule has 0 saturated carbocycles. The van der Waals surface area contributed by atoms with Gasteiger partial charge in [0.25, 0.3) is 0 Å². The number of esters is 3. The highest BCUT2D eigenvalue weighted by atomic mass is 16.6. The molecule has 444 valence electrons. The van der Waals surface area contributed by atoms with Crippen molar-refractivity contribution < 1.29 is 28.6 Å². The molecule has 1 atom stereocenters. The highest BCUT2D eigenvalue weighted by Gasteiger charge is 2.19. The fraction of sp³-hybridized carbons (Fsp3) is 0.681. The van der Waals surface area contributed by atoms with Crippen LogP contribution in [0.2, 0.25) is 0 Å². The third-order valence-corrected chi connectivity index (χ3v) is 13.7. The number of unbranched alkanes of at least 4 members (excludes halogenated alkanes) is 27. The van der Waals surface area contributed by atoms with Gasteiger partial charge in [-0.2, -0.15) is 0 Å². The van der Waals surface area contributed by atoms with E-state index < -0.39 is 6.10 Å². The predicted molar refractivity (Wildman–Crippen MR) is 339 cm³/mol. The standard InChI is InChI=1S/C72H120O6/c1-4-7-10-13-16-19-22-25-28-31-34-36-39-41-44-47-50-53-56-59-62-65-71(74)77-68-69(67-76-70(73)64-61-58-55-52-49-46-43-40-37-33-30-27-24-21-18-15-12-9-6-3)78-72(75)66-63-60-57-54-51-48-45-42-38-35-32-29-26-23-20-17-14-11-8-5-2/h7,9-10,12,16,18-19,21,25,27-28,30,34,36-37,40,46,49,55,58,69H,4-6,8,11,13-15,17,20,22-24,26,29,31-33,35,38-39,41-45,47-48,50-54,56-57,59-68H2,1-3H3/b10-7-,12-9-,19-16-,21-18-,28-25-,30-27-,36-34-,40-37-,49-46-,58-55-. The summed E-state index contributed by atoms with van der Waals surface area (Å²) in [5.41, 5.74) is 0. The van der Waals surface area contributed by atoms with Crippen LogP contribution in [0.25, 0.3) is 0 Å². The molecule has 0 bridgehead atoms. The van der Waals surface area contributed by atoms with Crippen molar-refractivity contribution in [1.29, 1.82) is 0 Å². The molecule has 0 saturated heterocycles. The first kappa shape index (κ1) is 73.8. The van der Waals surface area contributed by atoms with Crippen molar-refractivity contribution in [3.8, 4) is 0 Å². The van der Waals surface area contributed by atoms with Crippen LogP contribution < -0.4 is 0 Å². The largest absolute Gasteiger partial charge is 0.462 e. The zero-order valence-electron chi connectivity index (χ0n) is 50.9. The van der Waals surface area contributed by atoms with Gasteiger partial charge in [-0.25, -0.2) is 0 Å². The summed E-state index contributed by atoms with van der Waals surface area (Å²) in [6, 6.07) is 0. The summed E-state index contributed by atoms with van der Waals surface area (Å²) in [7, 11) is 0. The Morgan fingerprint density at radius 3 is 0.859 bits per heavy atom. The van der Waals surface area contributed by atoms with Gasteiger partial charge in [-0.05, 0) is 96.3 Å². The molecular weight excluding hydrogens is 961 g/mol. The first-order valence-electron chi connectivity index (χ1n) is 32.5. The van der Waals surface area contributed by atoms with Crippen LogP contribution in [0.3, 0.4) is 0 Å². The monoisotopic (exact) mass is 1080 g/mol. The second-order valence-corrected chi connectivity index (χ2v) is 21.3. The summed E-state index contributed by atoms with van der Waals surface area (Å²) < 4.78 is 16.9. The van der Waals surface area contributed by atoms with Gasteiger partial charge in [-0.15, -0.1) is 0 Å². The van der Waals surface area contributed by atoms with Crippen molar-refractivity contribution in [3.05, 3.63) is 122 Å². The van der Waals surface area contributed by atoms with E-state index in [1.165, 1.54) is 141 Å². The van der Waals surface area contributed by atoms with E-state index in [-0.39, 0.29) is 37.5 Å². The number of ether oxygens (including phenoxy) is 3. The third-order valence-electron chi connectivity index (χ3n) is 13.7. The van der Waals surface area contributed by atoms with Crippen molar-refractivity contribution in [2.24, 2.45) is 0 Å². The zero-order valence-corrected chi connectivity index (χ0v) is 50.9. The lowest BCUT2D eigenvalue weighted by molar-refractivity contribution is -0.166. The molecule has 6 nitrogen and oxygen atoms in total. The number of allylic oxidation sites excluding steroid dienone is 20. The van der Waals surface area contributed by atoms with Crippen LogP contribution in [-0.4, -0.2) is 37.2 Å². The maximum atomic E-state index is 12.9. The number of hydrogen-bond acceptors (Lipinski definition) is 6. The molecule has 6 heteroatoms. The number of hydrogen-bond donors (Lipinski definition) is 0. The molecule has 0 aliphatic heterocycles. The van der Waals surface area contributed by atoms with E-state index in [1.54, 1.807) is 0 Å². The average molecular weight is 1080 g/mol. The Balaban J connectivity index is 4.48. The van der Waals surface area contributed by atoms with E-state index in [4.69, 9.17) is 14.2 Å². The van der Waals surface area contributed by atoms with Gasteiger partial charge in [0.1, 0.15) is 13.2 Å². The SMILES string of the molecule is CC/C=C\C/C=C\C/C=C\C/C=C\C/C=C\C/C=C\CCC(=O)OCC(COC(=O)CCCCCCCCCC/C=C\C/C=C\C/C=C\C/C=C\CC)OC(=O)CCCCCCCCCCCCCCCCCCCCCC. The molecule has 0 fully saturated rings. The second kappa shape index (κ2) is 65.3. The molecule has 78 heavy (non-hydrogen) atoms. The predicted octanol–water partition coefficient (Wildman–Crippen LogP) is 22.4. The van der Waals surface area contributed by atoms with E-state index in [1.807, 2.05) is 6.08 Å². The third kappa shape index (κ3) is 62.7. The minimum Gasteiger partial charge on any atom is -0.462 e. The molecule has 0 aromatic carbocycles. The highest BCUT2D eigenvalue weighted by molar-refractivity contribution is 5.71. The minimum atomic E-state index is -0.815. The van der Waals surface area contributed by atoms with E-state index >= 15 is 0 Å². The number of rotatable bonds is 58. The molecule has 0 aliphatic rings. The molecule has 0 aliphatic carbocycles.